The van der Waals surface area contributed by atoms with Crippen LogP contribution < -0.4 is 5.32 Å². The number of nitrogens with zero attached hydrogens (tertiary/aromatic N) is 1. The molecule has 0 fully saturated rings. The van der Waals surface area contributed by atoms with Crippen LogP contribution in [0.1, 0.15) is 32.8 Å². The first-order chi connectivity index (χ1) is 10.0. The highest BCUT2D eigenvalue weighted by Crippen LogP contribution is 2.22. The fourth-order valence-electron chi connectivity index (χ4n) is 2.61. The Bertz CT molecular complexity index is 566. The molecule has 0 aliphatic carbocycles. The summed E-state index contributed by atoms with van der Waals surface area (Å²) in [6.07, 6.45) is 4.59. The molecule has 0 saturated carbocycles. The van der Waals surface area contributed by atoms with Gasteiger partial charge in [-0.3, -0.25) is 0 Å². The van der Waals surface area contributed by atoms with E-state index in [1.165, 1.54) is 22.9 Å². The minimum atomic E-state index is -0.0709. The molecule has 21 heavy (non-hydrogen) atoms. The lowest BCUT2D eigenvalue weighted by Crippen LogP contribution is -2.21. The van der Waals surface area contributed by atoms with Gasteiger partial charge < -0.3 is 14.6 Å². The number of rotatable bonds is 7. The Kier molecular flexibility index (Phi) is 5.43. The van der Waals surface area contributed by atoms with Crippen molar-refractivity contribution in [1.29, 1.82) is 0 Å². The Morgan fingerprint density at radius 1 is 1.19 bits per heavy atom. The Balaban J connectivity index is 2.11. The zero-order chi connectivity index (χ0) is 15.3. The Hall–Kier alpha value is -1.32. The van der Waals surface area contributed by atoms with Crippen LogP contribution in [-0.4, -0.2) is 30.4 Å². The van der Waals surface area contributed by atoms with E-state index in [2.05, 4.69) is 61.1 Å². The Labute approximate surface area is 128 Å². The van der Waals surface area contributed by atoms with E-state index in [9.17, 15) is 0 Å². The summed E-state index contributed by atoms with van der Waals surface area (Å²) in [5.41, 5.74) is 2.68. The van der Waals surface area contributed by atoms with Gasteiger partial charge in [0.25, 0.3) is 0 Å². The summed E-state index contributed by atoms with van der Waals surface area (Å²) in [6, 6.07) is 8.67. The van der Waals surface area contributed by atoms with Crippen molar-refractivity contribution in [3.8, 4) is 0 Å². The third-order valence-electron chi connectivity index (χ3n) is 3.61. The summed E-state index contributed by atoms with van der Waals surface area (Å²) in [6.45, 7) is 9.02. The third kappa shape index (κ3) is 4.58. The molecule has 0 aliphatic rings. The molecule has 0 spiro atoms. The molecule has 3 heteroatoms. The molecule has 0 bridgehead atoms. The van der Waals surface area contributed by atoms with E-state index in [0.717, 1.165) is 26.1 Å². The lowest BCUT2D eigenvalue weighted by atomic mass is 10.1. The number of ether oxygens (including phenoxy) is 1. The summed E-state index contributed by atoms with van der Waals surface area (Å²) >= 11 is 0. The molecule has 0 amide bonds. The SMILES string of the molecule is CNCCCc1cn(CCOC(C)(C)C)c2ccccc12. The molecule has 0 saturated heterocycles. The number of fused-ring (bicyclic) bond motifs is 1. The van der Waals surface area contributed by atoms with Crippen LogP contribution in [0.5, 0.6) is 0 Å². The number of para-hydroxylation sites is 1. The van der Waals surface area contributed by atoms with Gasteiger partial charge in [0, 0.05) is 23.6 Å². The van der Waals surface area contributed by atoms with E-state index in [4.69, 9.17) is 4.74 Å². The quantitative estimate of drug-likeness (QED) is 0.788. The highest BCUT2D eigenvalue weighted by Gasteiger charge is 2.11. The summed E-state index contributed by atoms with van der Waals surface area (Å²) in [7, 11) is 2.01. The van der Waals surface area contributed by atoms with Gasteiger partial charge >= 0.3 is 0 Å². The van der Waals surface area contributed by atoms with Gasteiger partial charge in [0.1, 0.15) is 0 Å². The molecule has 0 radical (unpaired) electrons. The minimum absolute atomic E-state index is 0.0709. The molecule has 0 unspecified atom stereocenters. The van der Waals surface area contributed by atoms with Crippen molar-refractivity contribution in [2.24, 2.45) is 0 Å². The highest BCUT2D eigenvalue weighted by atomic mass is 16.5. The molecule has 3 nitrogen and oxygen atoms in total. The van der Waals surface area contributed by atoms with Crippen LogP contribution >= 0.6 is 0 Å². The summed E-state index contributed by atoms with van der Waals surface area (Å²) < 4.78 is 8.19. The first-order valence-electron chi connectivity index (χ1n) is 7.86. The van der Waals surface area contributed by atoms with Crippen molar-refractivity contribution in [3.63, 3.8) is 0 Å². The van der Waals surface area contributed by atoms with Crippen LogP contribution in [-0.2, 0) is 17.7 Å². The number of benzene rings is 1. The molecule has 0 aliphatic heterocycles. The van der Waals surface area contributed by atoms with Gasteiger partial charge in [0.05, 0.1) is 12.2 Å². The topological polar surface area (TPSA) is 26.2 Å². The largest absolute Gasteiger partial charge is 0.374 e. The van der Waals surface area contributed by atoms with Gasteiger partial charge in [-0.2, -0.15) is 0 Å². The van der Waals surface area contributed by atoms with E-state index >= 15 is 0 Å². The number of aromatic nitrogens is 1. The van der Waals surface area contributed by atoms with Crippen LogP contribution in [0.4, 0.5) is 0 Å². The van der Waals surface area contributed by atoms with Crippen molar-refractivity contribution in [2.45, 2.75) is 45.8 Å². The summed E-state index contributed by atoms with van der Waals surface area (Å²) in [5, 5.41) is 4.60. The zero-order valence-electron chi connectivity index (χ0n) is 13.8. The summed E-state index contributed by atoms with van der Waals surface area (Å²) in [4.78, 5) is 0. The van der Waals surface area contributed by atoms with Crippen LogP contribution in [0.3, 0.4) is 0 Å². The number of nitrogens with one attached hydrogen (secondary N) is 1. The first-order valence-corrected chi connectivity index (χ1v) is 7.86. The second-order valence-electron chi connectivity index (χ2n) is 6.53. The minimum Gasteiger partial charge on any atom is -0.374 e. The number of hydrogen-bond acceptors (Lipinski definition) is 2. The average molecular weight is 288 g/mol. The molecule has 1 aromatic heterocycles. The smallest absolute Gasteiger partial charge is 0.0652 e. The number of hydrogen-bond donors (Lipinski definition) is 1. The second-order valence-corrected chi connectivity index (χ2v) is 6.53. The highest BCUT2D eigenvalue weighted by molar-refractivity contribution is 5.83. The van der Waals surface area contributed by atoms with Crippen molar-refractivity contribution >= 4 is 10.9 Å². The van der Waals surface area contributed by atoms with E-state index in [0.29, 0.717) is 0 Å². The maximum Gasteiger partial charge on any atom is 0.0652 e. The van der Waals surface area contributed by atoms with E-state index < -0.39 is 0 Å². The first kappa shape index (κ1) is 16.1. The lowest BCUT2D eigenvalue weighted by Gasteiger charge is -2.19. The molecule has 1 aromatic carbocycles. The standard InChI is InChI=1S/C18H28N2O/c1-18(2,3)21-13-12-20-14-15(8-7-11-19-4)16-9-5-6-10-17(16)20/h5-6,9-10,14,19H,7-8,11-13H2,1-4H3. The molecular formula is C18H28N2O. The number of aryl methyl sites for hydroxylation is 1. The van der Waals surface area contributed by atoms with Crippen molar-refractivity contribution in [2.75, 3.05) is 20.2 Å². The molecule has 0 atom stereocenters. The van der Waals surface area contributed by atoms with Crippen LogP contribution in [0.15, 0.2) is 30.5 Å². The predicted molar refractivity (Wildman–Crippen MR) is 89.9 cm³/mol. The average Bonchev–Trinajstić information content (AvgIpc) is 2.77. The molecule has 116 valence electrons. The van der Waals surface area contributed by atoms with Crippen LogP contribution in [0.2, 0.25) is 0 Å². The van der Waals surface area contributed by atoms with Gasteiger partial charge in [-0.05, 0) is 58.8 Å². The van der Waals surface area contributed by atoms with Crippen LogP contribution in [0.25, 0.3) is 10.9 Å². The predicted octanol–water partition coefficient (Wildman–Crippen LogP) is 3.61. The fourth-order valence-corrected chi connectivity index (χ4v) is 2.61. The van der Waals surface area contributed by atoms with E-state index in [1.54, 1.807) is 0 Å². The van der Waals surface area contributed by atoms with Crippen molar-refractivity contribution in [3.05, 3.63) is 36.0 Å². The monoisotopic (exact) mass is 288 g/mol. The molecule has 1 N–H and O–H groups in total. The van der Waals surface area contributed by atoms with Crippen molar-refractivity contribution < 1.29 is 4.74 Å². The second kappa shape index (κ2) is 7.10. The fraction of sp³-hybridized carbons (Fsp3) is 0.556. The zero-order valence-corrected chi connectivity index (χ0v) is 13.8. The maximum atomic E-state index is 5.86. The normalized spacial score (nSPS) is 12.2. The van der Waals surface area contributed by atoms with Crippen molar-refractivity contribution in [1.82, 2.24) is 9.88 Å². The third-order valence-corrected chi connectivity index (χ3v) is 3.61. The van der Waals surface area contributed by atoms with Gasteiger partial charge in [0.15, 0.2) is 0 Å². The molecule has 2 aromatic rings. The van der Waals surface area contributed by atoms with Gasteiger partial charge in [0.2, 0.25) is 0 Å². The lowest BCUT2D eigenvalue weighted by molar-refractivity contribution is -0.00645. The molecular weight excluding hydrogens is 260 g/mol. The van der Waals surface area contributed by atoms with Gasteiger partial charge in [-0.15, -0.1) is 0 Å². The summed E-state index contributed by atoms with van der Waals surface area (Å²) in [5.74, 6) is 0. The van der Waals surface area contributed by atoms with Crippen LogP contribution in [0, 0.1) is 0 Å². The van der Waals surface area contributed by atoms with Gasteiger partial charge in [-0.25, -0.2) is 0 Å². The molecule has 2 rings (SSSR count). The molecule has 1 heterocycles. The Morgan fingerprint density at radius 2 is 1.95 bits per heavy atom. The van der Waals surface area contributed by atoms with Gasteiger partial charge in [-0.1, -0.05) is 18.2 Å². The van der Waals surface area contributed by atoms with E-state index in [-0.39, 0.29) is 5.60 Å². The Morgan fingerprint density at radius 3 is 2.67 bits per heavy atom. The maximum absolute atomic E-state index is 5.86. The van der Waals surface area contributed by atoms with E-state index in [1.807, 2.05) is 7.05 Å².